The van der Waals surface area contributed by atoms with E-state index in [4.69, 9.17) is 0 Å². The summed E-state index contributed by atoms with van der Waals surface area (Å²) in [6.07, 6.45) is 1.78. The second-order valence-electron chi connectivity index (χ2n) is 3.52. The molecule has 0 radical (unpaired) electrons. The third-order valence-electron chi connectivity index (χ3n) is 2.37. The van der Waals surface area contributed by atoms with Crippen molar-refractivity contribution in [2.24, 2.45) is 11.8 Å². The summed E-state index contributed by atoms with van der Waals surface area (Å²) in [5, 5.41) is 3.28. The molecule has 1 heterocycles. The Bertz CT molecular complexity index is 144. The minimum Gasteiger partial charge on any atom is -0.316 e. The summed E-state index contributed by atoms with van der Waals surface area (Å²) in [5.41, 5.74) is 0. The van der Waals surface area contributed by atoms with Gasteiger partial charge in [0, 0.05) is 18.9 Å². The Kier molecular flexibility index (Phi) is 3.06. The van der Waals surface area contributed by atoms with E-state index in [2.05, 4.69) is 12.2 Å². The van der Waals surface area contributed by atoms with E-state index in [1.807, 2.05) is 6.92 Å². The van der Waals surface area contributed by atoms with Crippen molar-refractivity contribution in [3.63, 3.8) is 0 Å². The van der Waals surface area contributed by atoms with Gasteiger partial charge in [0.1, 0.15) is 5.78 Å². The first-order valence-corrected chi connectivity index (χ1v) is 4.47. The maximum Gasteiger partial charge on any atom is 0.136 e. The molecule has 0 amide bonds. The fraction of sp³-hybridized carbons (Fsp3) is 0.889. The van der Waals surface area contributed by atoms with Gasteiger partial charge in [-0.25, -0.2) is 0 Å². The van der Waals surface area contributed by atoms with E-state index >= 15 is 0 Å². The molecule has 64 valence electrons. The number of nitrogens with one attached hydrogen (secondary N) is 1. The van der Waals surface area contributed by atoms with Crippen LogP contribution in [0.2, 0.25) is 0 Å². The van der Waals surface area contributed by atoms with E-state index in [-0.39, 0.29) is 0 Å². The second kappa shape index (κ2) is 3.86. The van der Waals surface area contributed by atoms with Crippen LogP contribution in [0.15, 0.2) is 0 Å². The van der Waals surface area contributed by atoms with Gasteiger partial charge in [0.2, 0.25) is 0 Å². The number of carbonyl (C=O) groups excluding carboxylic acids is 1. The van der Waals surface area contributed by atoms with Gasteiger partial charge in [0.25, 0.3) is 0 Å². The zero-order valence-electron chi connectivity index (χ0n) is 7.39. The summed E-state index contributed by atoms with van der Waals surface area (Å²) in [6, 6.07) is 0. The first-order chi connectivity index (χ1) is 5.24. The van der Waals surface area contributed by atoms with Crippen LogP contribution >= 0.6 is 0 Å². The molecule has 1 unspecified atom stereocenters. The Morgan fingerprint density at radius 1 is 1.55 bits per heavy atom. The summed E-state index contributed by atoms with van der Waals surface area (Å²) >= 11 is 0. The minimum atomic E-state index is 0.295. The van der Waals surface area contributed by atoms with Crippen molar-refractivity contribution in [1.82, 2.24) is 5.32 Å². The fourth-order valence-electron chi connectivity index (χ4n) is 1.69. The quantitative estimate of drug-likeness (QED) is 0.649. The normalized spacial score (nSPS) is 31.8. The molecule has 0 aromatic heterocycles. The molecule has 1 fully saturated rings. The highest BCUT2D eigenvalue weighted by Gasteiger charge is 2.22. The van der Waals surface area contributed by atoms with E-state index in [1.165, 1.54) is 0 Å². The van der Waals surface area contributed by atoms with Crippen molar-refractivity contribution in [3.8, 4) is 0 Å². The summed E-state index contributed by atoms with van der Waals surface area (Å²) in [5.74, 6) is 1.39. The lowest BCUT2D eigenvalue weighted by Gasteiger charge is -2.26. The third kappa shape index (κ3) is 2.29. The molecule has 0 bridgehead atoms. The Morgan fingerprint density at radius 3 is 2.82 bits per heavy atom. The summed E-state index contributed by atoms with van der Waals surface area (Å²) in [4.78, 5) is 11.3. The van der Waals surface area contributed by atoms with Gasteiger partial charge in [-0.15, -0.1) is 0 Å². The van der Waals surface area contributed by atoms with Crippen LogP contribution in [-0.4, -0.2) is 18.9 Å². The molecule has 1 rings (SSSR count). The minimum absolute atomic E-state index is 0.295. The third-order valence-corrected chi connectivity index (χ3v) is 2.37. The van der Waals surface area contributed by atoms with Crippen molar-refractivity contribution in [3.05, 3.63) is 0 Å². The molecule has 0 aromatic rings. The lowest BCUT2D eigenvalue weighted by atomic mass is 9.88. The molecular weight excluding hydrogens is 138 g/mol. The van der Waals surface area contributed by atoms with Crippen LogP contribution in [0.4, 0.5) is 0 Å². The van der Waals surface area contributed by atoms with Crippen molar-refractivity contribution < 1.29 is 4.79 Å². The number of hydrogen-bond acceptors (Lipinski definition) is 2. The fourth-order valence-corrected chi connectivity index (χ4v) is 1.69. The molecule has 1 aliphatic rings. The van der Waals surface area contributed by atoms with Crippen LogP contribution in [0, 0.1) is 11.8 Å². The lowest BCUT2D eigenvalue weighted by molar-refractivity contribution is -0.123. The molecule has 2 atom stereocenters. The standard InChI is InChI=1S/C9H17NO/c1-3-9(11)8-4-7(2)5-10-6-8/h7-8,10H,3-6H2,1-2H3/t7-,8?/m1/s1. The molecular formula is C9H17NO. The number of Topliss-reactive ketones (excluding diaryl/α,β-unsaturated/α-hetero) is 1. The van der Waals surface area contributed by atoms with Crippen LogP contribution in [0.3, 0.4) is 0 Å². The first-order valence-electron chi connectivity index (χ1n) is 4.47. The molecule has 1 aliphatic heterocycles. The molecule has 0 aromatic carbocycles. The zero-order chi connectivity index (χ0) is 8.27. The topological polar surface area (TPSA) is 29.1 Å². The Balaban J connectivity index is 2.39. The molecule has 11 heavy (non-hydrogen) atoms. The van der Waals surface area contributed by atoms with Gasteiger partial charge in [-0.1, -0.05) is 13.8 Å². The molecule has 0 aliphatic carbocycles. The SMILES string of the molecule is CCC(=O)C1CNC[C@H](C)C1. The molecule has 2 heteroatoms. The predicted octanol–water partition coefficient (Wildman–Crippen LogP) is 1.21. The van der Waals surface area contributed by atoms with Gasteiger partial charge >= 0.3 is 0 Å². The van der Waals surface area contributed by atoms with Gasteiger partial charge in [0.05, 0.1) is 0 Å². The van der Waals surface area contributed by atoms with Gasteiger partial charge in [-0.2, -0.15) is 0 Å². The average Bonchev–Trinajstić information content (AvgIpc) is 2.03. The lowest BCUT2D eigenvalue weighted by Crippen LogP contribution is -2.38. The molecule has 0 spiro atoms. The first kappa shape index (κ1) is 8.72. The highest BCUT2D eigenvalue weighted by atomic mass is 16.1. The highest BCUT2D eigenvalue weighted by molar-refractivity contribution is 5.81. The van der Waals surface area contributed by atoms with Crippen molar-refractivity contribution >= 4 is 5.78 Å². The van der Waals surface area contributed by atoms with Crippen LogP contribution in [0.25, 0.3) is 0 Å². The highest BCUT2D eigenvalue weighted by Crippen LogP contribution is 2.17. The Hall–Kier alpha value is -0.370. The average molecular weight is 155 g/mol. The van der Waals surface area contributed by atoms with E-state index in [0.717, 1.165) is 19.5 Å². The van der Waals surface area contributed by atoms with E-state index in [0.29, 0.717) is 24.0 Å². The van der Waals surface area contributed by atoms with E-state index in [9.17, 15) is 4.79 Å². The number of rotatable bonds is 2. The van der Waals surface area contributed by atoms with E-state index in [1.54, 1.807) is 0 Å². The summed E-state index contributed by atoms with van der Waals surface area (Å²) in [7, 11) is 0. The Morgan fingerprint density at radius 2 is 2.27 bits per heavy atom. The maximum atomic E-state index is 11.3. The van der Waals surface area contributed by atoms with Crippen molar-refractivity contribution in [2.45, 2.75) is 26.7 Å². The number of ketones is 1. The largest absolute Gasteiger partial charge is 0.316 e. The summed E-state index contributed by atoms with van der Waals surface area (Å²) < 4.78 is 0. The predicted molar refractivity (Wildman–Crippen MR) is 45.4 cm³/mol. The zero-order valence-corrected chi connectivity index (χ0v) is 7.39. The number of hydrogen-bond donors (Lipinski definition) is 1. The maximum absolute atomic E-state index is 11.3. The number of piperidine rings is 1. The van der Waals surface area contributed by atoms with Crippen LogP contribution < -0.4 is 5.32 Å². The van der Waals surface area contributed by atoms with Gasteiger partial charge < -0.3 is 5.32 Å². The smallest absolute Gasteiger partial charge is 0.136 e. The number of carbonyl (C=O) groups is 1. The van der Waals surface area contributed by atoms with E-state index < -0.39 is 0 Å². The molecule has 0 saturated carbocycles. The Labute approximate surface area is 68.4 Å². The van der Waals surface area contributed by atoms with Crippen LogP contribution in [0.5, 0.6) is 0 Å². The molecule has 1 N–H and O–H groups in total. The van der Waals surface area contributed by atoms with Crippen molar-refractivity contribution in [1.29, 1.82) is 0 Å². The van der Waals surface area contributed by atoms with Crippen LogP contribution in [-0.2, 0) is 4.79 Å². The summed E-state index contributed by atoms with van der Waals surface area (Å²) in [6.45, 7) is 6.12. The second-order valence-corrected chi connectivity index (χ2v) is 3.52. The van der Waals surface area contributed by atoms with Gasteiger partial charge in [-0.05, 0) is 18.9 Å². The van der Waals surface area contributed by atoms with Crippen molar-refractivity contribution in [2.75, 3.05) is 13.1 Å². The van der Waals surface area contributed by atoms with Crippen LogP contribution in [0.1, 0.15) is 26.7 Å². The molecule has 1 saturated heterocycles. The monoisotopic (exact) mass is 155 g/mol. The van der Waals surface area contributed by atoms with Gasteiger partial charge in [0.15, 0.2) is 0 Å². The molecule has 2 nitrogen and oxygen atoms in total. The van der Waals surface area contributed by atoms with Gasteiger partial charge in [-0.3, -0.25) is 4.79 Å².